The first kappa shape index (κ1) is 12.9. The van der Waals surface area contributed by atoms with Gasteiger partial charge in [0.1, 0.15) is 5.82 Å². The van der Waals surface area contributed by atoms with Crippen LogP contribution in [0.15, 0.2) is 36.5 Å². The Kier molecular flexibility index (Phi) is 3.54. The van der Waals surface area contributed by atoms with Crippen LogP contribution in [0.2, 0.25) is 0 Å². The first-order valence-corrected chi connectivity index (χ1v) is 7.21. The second-order valence-electron chi connectivity index (χ2n) is 5.09. The van der Waals surface area contributed by atoms with Crippen molar-refractivity contribution in [3.05, 3.63) is 47.7 Å². The summed E-state index contributed by atoms with van der Waals surface area (Å²) in [5.41, 5.74) is 2.86. The van der Waals surface area contributed by atoms with Crippen molar-refractivity contribution in [1.82, 2.24) is 9.97 Å². The molecule has 1 aliphatic rings. The van der Waals surface area contributed by atoms with Crippen molar-refractivity contribution in [3.8, 4) is 0 Å². The van der Waals surface area contributed by atoms with E-state index in [2.05, 4.69) is 58.3 Å². The third-order valence-corrected chi connectivity index (χ3v) is 3.86. The van der Waals surface area contributed by atoms with Gasteiger partial charge in [-0.1, -0.05) is 24.3 Å². The number of fused-ring (bicyclic) bond motifs is 1. The minimum Gasteiger partial charge on any atom is -0.354 e. The molecule has 3 rings (SSSR count). The van der Waals surface area contributed by atoms with E-state index in [1.165, 1.54) is 11.1 Å². The number of benzene rings is 1. The van der Waals surface area contributed by atoms with Crippen LogP contribution in [0.25, 0.3) is 0 Å². The van der Waals surface area contributed by atoms with Crippen molar-refractivity contribution >= 4 is 11.8 Å². The number of hydrogen-bond acceptors (Lipinski definition) is 4. The highest BCUT2D eigenvalue weighted by Crippen LogP contribution is 2.32. The Morgan fingerprint density at radius 3 is 3.00 bits per heavy atom. The summed E-state index contributed by atoms with van der Waals surface area (Å²) in [5, 5.41) is 3.17. The first-order valence-electron chi connectivity index (χ1n) is 7.21. The maximum atomic E-state index is 4.61. The van der Waals surface area contributed by atoms with Gasteiger partial charge in [0.05, 0.1) is 6.04 Å². The highest BCUT2D eigenvalue weighted by molar-refractivity contribution is 5.48. The fourth-order valence-electron chi connectivity index (χ4n) is 2.84. The second kappa shape index (κ2) is 5.49. The van der Waals surface area contributed by atoms with E-state index in [9.17, 15) is 0 Å². The minimum atomic E-state index is 0.351. The van der Waals surface area contributed by atoms with Gasteiger partial charge in [-0.25, -0.2) is 4.98 Å². The molecular formula is C16H20N4. The Bertz CT molecular complexity index is 597. The van der Waals surface area contributed by atoms with Crippen molar-refractivity contribution in [2.75, 3.05) is 23.3 Å². The van der Waals surface area contributed by atoms with Crippen LogP contribution in [0.5, 0.6) is 0 Å². The molecule has 104 valence electrons. The Labute approximate surface area is 119 Å². The lowest BCUT2D eigenvalue weighted by molar-refractivity contribution is 0.616. The summed E-state index contributed by atoms with van der Waals surface area (Å²) in [6, 6.07) is 11.0. The van der Waals surface area contributed by atoms with E-state index in [-0.39, 0.29) is 0 Å². The zero-order valence-electron chi connectivity index (χ0n) is 12.0. The second-order valence-corrected chi connectivity index (χ2v) is 5.09. The normalized spacial score (nSPS) is 17.7. The third-order valence-electron chi connectivity index (χ3n) is 3.86. The molecule has 1 aliphatic heterocycles. The first-order chi connectivity index (χ1) is 9.79. The van der Waals surface area contributed by atoms with E-state index in [1.54, 1.807) is 0 Å². The van der Waals surface area contributed by atoms with Gasteiger partial charge in [-0.15, -0.1) is 0 Å². The van der Waals surface area contributed by atoms with E-state index in [0.29, 0.717) is 12.0 Å². The van der Waals surface area contributed by atoms with E-state index >= 15 is 0 Å². The molecule has 4 heteroatoms. The molecule has 0 spiro atoms. The number of rotatable bonds is 3. The van der Waals surface area contributed by atoms with Gasteiger partial charge in [0.25, 0.3) is 0 Å². The topological polar surface area (TPSA) is 41.1 Å². The maximum absolute atomic E-state index is 4.61. The van der Waals surface area contributed by atoms with Crippen LogP contribution >= 0.6 is 0 Å². The number of nitrogens with zero attached hydrogens (tertiary/aromatic N) is 3. The van der Waals surface area contributed by atoms with E-state index in [1.807, 2.05) is 12.3 Å². The molecule has 0 aliphatic carbocycles. The summed E-state index contributed by atoms with van der Waals surface area (Å²) in [5.74, 6) is 1.70. The lowest BCUT2D eigenvalue weighted by Crippen LogP contribution is -2.34. The van der Waals surface area contributed by atoms with Crippen molar-refractivity contribution in [3.63, 3.8) is 0 Å². The summed E-state index contributed by atoms with van der Waals surface area (Å²) in [4.78, 5) is 11.2. The molecule has 0 radical (unpaired) electrons. The van der Waals surface area contributed by atoms with Crippen molar-refractivity contribution in [1.29, 1.82) is 0 Å². The highest BCUT2D eigenvalue weighted by atomic mass is 15.2. The number of aromatic nitrogens is 2. The number of nitrogens with one attached hydrogen (secondary N) is 1. The SMILES string of the molecule is CCNc1nccc(N2CCc3ccccc3[C@H]2C)n1. The molecule has 20 heavy (non-hydrogen) atoms. The number of anilines is 2. The maximum Gasteiger partial charge on any atom is 0.224 e. The molecule has 1 N–H and O–H groups in total. The van der Waals surface area contributed by atoms with Gasteiger partial charge in [0.15, 0.2) is 0 Å². The molecule has 0 amide bonds. The molecule has 0 saturated carbocycles. The van der Waals surface area contributed by atoms with E-state index in [4.69, 9.17) is 0 Å². The Morgan fingerprint density at radius 1 is 1.30 bits per heavy atom. The molecule has 1 aromatic carbocycles. The predicted molar refractivity (Wildman–Crippen MR) is 82.1 cm³/mol. The van der Waals surface area contributed by atoms with Gasteiger partial charge >= 0.3 is 0 Å². The molecule has 2 aromatic rings. The fraction of sp³-hybridized carbons (Fsp3) is 0.375. The van der Waals surface area contributed by atoms with Gasteiger partial charge in [-0.05, 0) is 37.5 Å². The van der Waals surface area contributed by atoms with Crippen LogP contribution in [0.1, 0.15) is 31.0 Å². The van der Waals surface area contributed by atoms with Gasteiger partial charge in [-0.2, -0.15) is 4.98 Å². The molecule has 0 unspecified atom stereocenters. The minimum absolute atomic E-state index is 0.351. The molecule has 1 atom stereocenters. The molecular weight excluding hydrogens is 248 g/mol. The van der Waals surface area contributed by atoms with Gasteiger partial charge in [0, 0.05) is 19.3 Å². The lowest BCUT2D eigenvalue weighted by Gasteiger charge is -2.36. The highest BCUT2D eigenvalue weighted by Gasteiger charge is 2.24. The van der Waals surface area contributed by atoms with Crippen molar-refractivity contribution in [2.24, 2.45) is 0 Å². The smallest absolute Gasteiger partial charge is 0.224 e. The molecule has 2 heterocycles. The van der Waals surface area contributed by atoms with Crippen LogP contribution in [0, 0.1) is 0 Å². The van der Waals surface area contributed by atoms with Crippen LogP contribution in [-0.2, 0) is 6.42 Å². The van der Waals surface area contributed by atoms with Gasteiger partial charge in [0.2, 0.25) is 5.95 Å². The van der Waals surface area contributed by atoms with Crippen LogP contribution in [-0.4, -0.2) is 23.1 Å². The molecule has 0 bridgehead atoms. The third kappa shape index (κ3) is 2.33. The summed E-state index contributed by atoms with van der Waals surface area (Å²) in [7, 11) is 0. The largest absolute Gasteiger partial charge is 0.354 e. The molecule has 4 nitrogen and oxygen atoms in total. The average molecular weight is 268 g/mol. The van der Waals surface area contributed by atoms with E-state index < -0.39 is 0 Å². The Hall–Kier alpha value is -2.10. The lowest BCUT2D eigenvalue weighted by atomic mass is 9.94. The van der Waals surface area contributed by atoms with Crippen molar-refractivity contribution < 1.29 is 0 Å². The van der Waals surface area contributed by atoms with Crippen molar-refractivity contribution in [2.45, 2.75) is 26.3 Å². The quantitative estimate of drug-likeness (QED) is 0.929. The average Bonchev–Trinajstić information content (AvgIpc) is 2.48. The molecule has 0 saturated heterocycles. The summed E-state index contributed by atoms with van der Waals surface area (Å²) >= 11 is 0. The van der Waals surface area contributed by atoms with Gasteiger partial charge < -0.3 is 10.2 Å². The fourth-order valence-corrected chi connectivity index (χ4v) is 2.84. The summed E-state index contributed by atoms with van der Waals surface area (Å²) in [6.07, 6.45) is 2.90. The predicted octanol–water partition coefficient (Wildman–Crippen LogP) is 3.03. The zero-order valence-corrected chi connectivity index (χ0v) is 12.0. The Balaban J connectivity index is 1.90. The zero-order chi connectivity index (χ0) is 13.9. The molecule has 0 fully saturated rings. The van der Waals surface area contributed by atoms with Gasteiger partial charge in [-0.3, -0.25) is 0 Å². The van der Waals surface area contributed by atoms with Crippen LogP contribution in [0.3, 0.4) is 0 Å². The summed E-state index contributed by atoms with van der Waals surface area (Å²) in [6.45, 7) is 6.13. The number of hydrogen-bond donors (Lipinski definition) is 1. The van der Waals surface area contributed by atoms with Crippen LogP contribution in [0.4, 0.5) is 11.8 Å². The van der Waals surface area contributed by atoms with E-state index in [0.717, 1.165) is 25.3 Å². The summed E-state index contributed by atoms with van der Waals surface area (Å²) < 4.78 is 0. The molecule has 1 aromatic heterocycles. The van der Waals surface area contributed by atoms with Crippen LogP contribution < -0.4 is 10.2 Å². The standard InChI is InChI=1S/C16H20N4/c1-3-17-16-18-10-8-15(19-16)20-11-9-13-6-4-5-7-14(13)12(20)2/h4-8,10,12H,3,9,11H2,1-2H3,(H,17,18,19)/t12-/m1/s1. The Morgan fingerprint density at radius 2 is 2.15 bits per heavy atom. The monoisotopic (exact) mass is 268 g/mol.